The minimum absolute atomic E-state index is 0.00789. The molecule has 4 rings (SSSR count). The van der Waals surface area contributed by atoms with E-state index in [2.05, 4.69) is 5.32 Å². The maximum Gasteiger partial charge on any atom is 0.243 e. The van der Waals surface area contributed by atoms with Crippen molar-refractivity contribution in [2.45, 2.75) is 56.3 Å². The highest BCUT2D eigenvalue weighted by Gasteiger charge is 2.40. The number of hydrogen-bond acceptors (Lipinski definition) is 7. The van der Waals surface area contributed by atoms with Gasteiger partial charge < -0.3 is 25.6 Å². The summed E-state index contributed by atoms with van der Waals surface area (Å²) in [5.74, 6) is 0.397. The molecule has 0 aromatic heterocycles. The zero-order valence-corrected chi connectivity index (χ0v) is 25.2. The van der Waals surface area contributed by atoms with E-state index in [1.165, 1.54) is 28.6 Å². The van der Waals surface area contributed by atoms with Crippen LogP contribution in [0.1, 0.15) is 38.3 Å². The van der Waals surface area contributed by atoms with Gasteiger partial charge in [-0.05, 0) is 60.4 Å². The number of benzene rings is 3. The van der Waals surface area contributed by atoms with Crippen molar-refractivity contribution in [1.82, 2.24) is 9.62 Å². The Morgan fingerprint density at radius 1 is 1.07 bits per heavy atom. The lowest BCUT2D eigenvalue weighted by molar-refractivity contribution is -0.124. The lowest BCUT2D eigenvalue weighted by Gasteiger charge is -2.38. The normalized spacial score (nSPS) is 17.6. The molecule has 1 fully saturated rings. The summed E-state index contributed by atoms with van der Waals surface area (Å²) < 4.78 is 39.8. The van der Waals surface area contributed by atoms with E-state index in [1.54, 1.807) is 6.92 Å². The van der Waals surface area contributed by atoms with Gasteiger partial charge in [-0.1, -0.05) is 56.3 Å². The van der Waals surface area contributed by atoms with Crippen molar-refractivity contribution in [3.05, 3.63) is 90.0 Å². The number of carbonyl (C=O) groups excluding carboxylic acids is 1. The predicted molar refractivity (Wildman–Crippen MR) is 162 cm³/mol. The van der Waals surface area contributed by atoms with Crippen molar-refractivity contribution in [1.29, 1.82) is 0 Å². The van der Waals surface area contributed by atoms with Gasteiger partial charge in [0, 0.05) is 25.2 Å². The molecule has 0 saturated carbocycles. The lowest BCUT2D eigenvalue weighted by Crippen LogP contribution is -2.56. The fourth-order valence-corrected chi connectivity index (χ4v) is 6.59. The van der Waals surface area contributed by atoms with Crippen LogP contribution in [0.15, 0.2) is 83.8 Å². The number of aliphatic hydroxyl groups is 1. The number of nitrogens with two attached hydrogens (primary N) is 1. The highest BCUT2D eigenvalue weighted by Crippen LogP contribution is 2.28. The summed E-state index contributed by atoms with van der Waals surface area (Å²) in [7, 11) is -3.96. The molecule has 0 spiro atoms. The van der Waals surface area contributed by atoms with Crippen LogP contribution in [0.5, 0.6) is 5.75 Å². The molecular formula is C32H41N3O6S. The Morgan fingerprint density at radius 3 is 2.33 bits per heavy atom. The molecule has 3 aromatic carbocycles. The number of nitrogen functional groups attached to an aromatic ring is 1. The van der Waals surface area contributed by atoms with E-state index in [1.807, 2.05) is 68.4 Å². The zero-order chi connectivity index (χ0) is 30.3. The Labute approximate surface area is 248 Å². The summed E-state index contributed by atoms with van der Waals surface area (Å²) in [6, 6.07) is 22.4. The van der Waals surface area contributed by atoms with Crippen molar-refractivity contribution in [2.24, 2.45) is 5.92 Å². The molecule has 1 aliphatic rings. The Balaban J connectivity index is 1.53. The molecule has 226 valence electrons. The van der Waals surface area contributed by atoms with Crippen LogP contribution in [0.3, 0.4) is 0 Å². The van der Waals surface area contributed by atoms with E-state index in [9.17, 15) is 18.3 Å². The molecule has 0 aliphatic carbocycles. The topological polar surface area (TPSA) is 131 Å². The maximum atomic E-state index is 13.6. The number of carbonyl (C=O) groups is 1. The number of sulfonamides is 1. The number of hydrogen-bond donors (Lipinski definition) is 3. The smallest absolute Gasteiger partial charge is 0.243 e. The molecule has 0 unspecified atom stereocenters. The molecule has 3 atom stereocenters. The number of ether oxygens (including phenoxy) is 2. The second-order valence-electron chi connectivity index (χ2n) is 11.3. The van der Waals surface area contributed by atoms with Gasteiger partial charge in [0.05, 0.1) is 36.2 Å². The average Bonchev–Trinajstić information content (AvgIpc) is 3.47. The first kappa shape index (κ1) is 31.5. The second kappa shape index (κ2) is 13.7. The minimum atomic E-state index is -3.96. The van der Waals surface area contributed by atoms with Crippen LogP contribution < -0.4 is 15.8 Å². The number of anilines is 1. The highest BCUT2D eigenvalue weighted by molar-refractivity contribution is 7.89. The summed E-state index contributed by atoms with van der Waals surface area (Å²) in [5.41, 5.74) is 6.38. The summed E-state index contributed by atoms with van der Waals surface area (Å²) in [5, 5.41) is 14.7. The van der Waals surface area contributed by atoms with Crippen LogP contribution >= 0.6 is 0 Å². The van der Waals surface area contributed by atoms with E-state index < -0.39 is 21.7 Å². The van der Waals surface area contributed by atoms with Crippen LogP contribution in [0.4, 0.5) is 5.69 Å². The van der Waals surface area contributed by atoms with Crippen LogP contribution in [0, 0.1) is 5.92 Å². The molecule has 4 N–H and O–H groups in total. The molecular weight excluding hydrogens is 554 g/mol. The molecule has 9 nitrogen and oxygen atoms in total. The van der Waals surface area contributed by atoms with Gasteiger partial charge in [-0.2, -0.15) is 4.31 Å². The molecule has 1 aliphatic heterocycles. The molecule has 1 heterocycles. The largest absolute Gasteiger partial charge is 0.488 e. The minimum Gasteiger partial charge on any atom is -0.488 e. The molecule has 1 amide bonds. The first-order valence-electron chi connectivity index (χ1n) is 14.2. The summed E-state index contributed by atoms with van der Waals surface area (Å²) in [6.07, 6.45) is -0.316. The molecule has 0 bridgehead atoms. The molecule has 1 saturated heterocycles. The van der Waals surface area contributed by atoms with Gasteiger partial charge in [-0.25, -0.2) is 8.42 Å². The Kier molecular flexibility index (Phi) is 10.3. The average molecular weight is 596 g/mol. The zero-order valence-electron chi connectivity index (χ0n) is 24.4. The predicted octanol–water partition coefficient (Wildman–Crippen LogP) is 3.72. The van der Waals surface area contributed by atoms with Gasteiger partial charge in [-0.3, -0.25) is 4.79 Å². The number of aliphatic hydroxyl groups excluding tert-OH is 1. The third kappa shape index (κ3) is 7.89. The van der Waals surface area contributed by atoms with Crippen molar-refractivity contribution in [2.75, 3.05) is 32.0 Å². The standard InChI is InChI=1S/C32H41N3O6S/c1-23(2)20-35(42(38,39)29-15-11-26(33)12-16-29)21-30(36)32(3,25-7-5-4-6-8-25)34-31(37)19-24-9-13-27(14-10-24)41-28-17-18-40-22-28/h4-16,23,28,30,36H,17-22,33H2,1-3H3,(H,34,37)/t28-,30+,32-/m0/s1. The van der Waals surface area contributed by atoms with E-state index >= 15 is 0 Å². The number of nitrogens with one attached hydrogen (secondary N) is 1. The summed E-state index contributed by atoms with van der Waals surface area (Å²) in [4.78, 5) is 13.5. The van der Waals surface area contributed by atoms with Crippen LogP contribution in [-0.2, 0) is 31.5 Å². The fraction of sp³-hybridized carbons (Fsp3) is 0.406. The molecule has 3 aromatic rings. The molecule has 0 radical (unpaired) electrons. The third-order valence-corrected chi connectivity index (χ3v) is 9.23. The first-order valence-corrected chi connectivity index (χ1v) is 15.6. The van der Waals surface area contributed by atoms with Gasteiger partial charge in [-0.15, -0.1) is 0 Å². The van der Waals surface area contributed by atoms with E-state index in [4.69, 9.17) is 15.2 Å². The number of rotatable bonds is 13. The van der Waals surface area contributed by atoms with E-state index in [0.29, 0.717) is 30.2 Å². The van der Waals surface area contributed by atoms with Crippen molar-refractivity contribution in [3.63, 3.8) is 0 Å². The summed E-state index contributed by atoms with van der Waals surface area (Å²) in [6.45, 7) is 6.76. The quantitative estimate of drug-likeness (QED) is 0.257. The van der Waals surface area contributed by atoms with E-state index in [0.717, 1.165) is 12.0 Å². The van der Waals surface area contributed by atoms with Crippen molar-refractivity contribution < 1.29 is 27.8 Å². The second-order valence-corrected chi connectivity index (χ2v) is 13.3. The van der Waals surface area contributed by atoms with E-state index in [-0.39, 0.29) is 42.3 Å². The van der Waals surface area contributed by atoms with Gasteiger partial charge in [0.15, 0.2) is 0 Å². The SMILES string of the molecule is CC(C)CN(C[C@@H](O)[C@@](C)(NC(=O)Cc1ccc(O[C@H]2CCOC2)cc1)c1ccccc1)S(=O)(=O)c1ccc(N)cc1. The molecule has 42 heavy (non-hydrogen) atoms. The lowest BCUT2D eigenvalue weighted by atomic mass is 9.85. The number of amides is 1. The highest BCUT2D eigenvalue weighted by atomic mass is 32.2. The first-order chi connectivity index (χ1) is 20.0. The van der Waals surface area contributed by atoms with Crippen LogP contribution in [0.25, 0.3) is 0 Å². The van der Waals surface area contributed by atoms with Gasteiger partial charge in [0.2, 0.25) is 15.9 Å². The van der Waals surface area contributed by atoms with Crippen LogP contribution in [0.2, 0.25) is 0 Å². The maximum absolute atomic E-state index is 13.6. The third-order valence-electron chi connectivity index (χ3n) is 7.38. The Bertz CT molecular complexity index is 1410. The monoisotopic (exact) mass is 595 g/mol. The van der Waals surface area contributed by atoms with Gasteiger partial charge in [0.25, 0.3) is 0 Å². The van der Waals surface area contributed by atoms with Gasteiger partial charge in [0.1, 0.15) is 11.9 Å². The number of nitrogens with zero attached hydrogens (tertiary/aromatic N) is 1. The Hall–Kier alpha value is -3.44. The Morgan fingerprint density at radius 2 is 1.74 bits per heavy atom. The summed E-state index contributed by atoms with van der Waals surface area (Å²) >= 11 is 0. The fourth-order valence-electron chi connectivity index (χ4n) is 4.98. The van der Waals surface area contributed by atoms with Crippen molar-refractivity contribution >= 4 is 21.6 Å². The van der Waals surface area contributed by atoms with Gasteiger partial charge >= 0.3 is 0 Å². The van der Waals surface area contributed by atoms with Crippen molar-refractivity contribution in [3.8, 4) is 5.75 Å². The molecule has 10 heteroatoms. The van der Waals surface area contributed by atoms with Crippen LogP contribution in [-0.4, -0.2) is 62.2 Å².